The van der Waals surface area contributed by atoms with E-state index in [0.29, 0.717) is 17.8 Å². The molecule has 3 fully saturated rings. The predicted octanol–water partition coefficient (Wildman–Crippen LogP) is 2.53. The fourth-order valence-corrected chi connectivity index (χ4v) is 4.80. The molecular weight excluding hydrogens is 176 g/mol. The second-order valence-electron chi connectivity index (χ2n) is 5.85. The van der Waals surface area contributed by atoms with Gasteiger partial charge in [0.25, 0.3) is 0 Å². The van der Waals surface area contributed by atoms with E-state index in [-0.39, 0.29) is 0 Å². The van der Waals surface area contributed by atoms with Crippen LogP contribution in [0.2, 0.25) is 0 Å². The van der Waals surface area contributed by atoms with Gasteiger partial charge in [0.05, 0.1) is 0 Å². The van der Waals surface area contributed by atoms with Crippen LogP contribution in [0.25, 0.3) is 0 Å². The Hall–Kier alpha value is -0.530. The zero-order valence-corrected chi connectivity index (χ0v) is 8.70. The van der Waals surface area contributed by atoms with Crippen molar-refractivity contribution < 1.29 is 9.90 Å². The van der Waals surface area contributed by atoms with E-state index >= 15 is 0 Å². The van der Waals surface area contributed by atoms with Gasteiger partial charge in [-0.1, -0.05) is 6.92 Å². The van der Waals surface area contributed by atoms with Crippen molar-refractivity contribution in [2.45, 2.75) is 39.0 Å². The first kappa shape index (κ1) is 8.75. The van der Waals surface area contributed by atoms with Crippen molar-refractivity contribution >= 4 is 5.97 Å². The molecule has 0 radical (unpaired) electrons. The van der Waals surface area contributed by atoms with Gasteiger partial charge < -0.3 is 5.11 Å². The molecule has 3 aliphatic rings. The summed E-state index contributed by atoms with van der Waals surface area (Å²) in [6.07, 6.45) is 5.75. The molecule has 78 valence electrons. The van der Waals surface area contributed by atoms with Crippen molar-refractivity contribution in [2.24, 2.45) is 29.1 Å². The highest BCUT2D eigenvalue weighted by Gasteiger charge is 2.64. The summed E-state index contributed by atoms with van der Waals surface area (Å²) in [5.74, 6) is 2.37. The fraction of sp³-hybridized carbons (Fsp3) is 0.917. The number of hydrogen-bond donors (Lipinski definition) is 1. The van der Waals surface area contributed by atoms with Crippen molar-refractivity contribution in [2.75, 3.05) is 0 Å². The second kappa shape index (κ2) is 2.53. The lowest BCUT2D eigenvalue weighted by Crippen LogP contribution is -2.45. The Morgan fingerprint density at radius 3 is 2.43 bits per heavy atom. The van der Waals surface area contributed by atoms with E-state index in [9.17, 15) is 4.79 Å². The van der Waals surface area contributed by atoms with Crippen molar-refractivity contribution in [3.63, 3.8) is 0 Å². The van der Waals surface area contributed by atoms with Crippen molar-refractivity contribution in [3.05, 3.63) is 0 Å². The first-order chi connectivity index (χ1) is 6.62. The number of carbonyl (C=O) groups is 1. The SMILES string of the molecule is CC12CC[C@@H]3C(CC(=O)O)[C@H](CC1)C32. The van der Waals surface area contributed by atoms with Crippen LogP contribution >= 0.6 is 0 Å². The molecule has 3 rings (SSSR count). The van der Waals surface area contributed by atoms with E-state index in [1.807, 2.05) is 0 Å². The minimum Gasteiger partial charge on any atom is -0.481 e. The molecule has 3 saturated carbocycles. The molecule has 14 heavy (non-hydrogen) atoms. The van der Waals surface area contributed by atoms with E-state index in [2.05, 4.69) is 6.92 Å². The molecule has 0 amide bonds. The van der Waals surface area contributed by atoms with Gasteiger partial charge in [0, 0.05) is 6.42 Å². The average Bonchev–Trinajstić information content (AvgIpc) is 2.49. The van der Waals surface area contributed by atoms with E-state index in [1.165, 1.54) is 25.7 Å². The zero-order valence-electron chi connectivity index (χ0n) is 8.70. The highest BCUT2D eigenvalue weighted by molar-refractivity contribution is 5.67. The lowest BCUT2D eigenvalue weighted by Gasteiger charge is -2.48. The third kappa shape index (κ3) is 0.896. The minimum atomic E-state index is -0.589. The van der Waals surface area contributed by atoms with Crippen LogP contribution in [0.1, 0.15) is 39.0 Å². The number of rotatable bonds is 2. The van der Waals surface area contributed by atoms with E-state index in [0.717, 1.165) is 17.8 Å². The summed E-state index contributed by atoms with van der Waals surface area (Å²) in [5, 5.41) is 8.86. The molecule has 0 heterocycles. The summed E-state index contributed by atoms with van der Waals surface area (Å²) in [6, 6.07) is 0. The lowest BCUT2D eigenvalue weighted by molar-refractivity contribution is -0.142. The Kier molecular flexibility index (Phi) is 1.58. The fourth-order valence-electron chi connectivity index (χ4n) is 4.80. The van der Waals surface area contributed by atoms with Gasteiger partial charge in [-0.2, -0.15) is 0 Å². The van der Waals surface area contributed by atoms with Gasteiger partial charge in [0.2, 0.25) is 0 Å². The summed E-state index contributed by atoms with van der Waals surface area (Å²) < 4.78 is 0. The van der Waals surface area contributed by atoms with Crippen molar-refractivity contribution in [3.8, 4) is 0 Å². The van der Waals surface area contributed by atoms with Crippen LogP contribution in [0, 0.1) is 29.1 Å². The maximum Gasteiger partial charge on any atom is 0.303 e. The van der Waals surface area contributed by atoms with Gasteiger partial charge in [-0.25, -0.2) is 0 Å². The largest absolute Gasteiger partial charge is 0.481 e. The first-order valence-electron chi connectivity index (χ1n) is 5.84. The van der Waals surface area contributed by atoms with Gasteiger partial charge in [-0.15, -0.1) is 0 Å². The molecule has 2 nitrogen and oxygen atoms in total. The molecule has 5 atom stereocenters. The molecule has 0 aromatic heterocycles. The van der Waals surface area contributed by atoms with E-state index in [1.54, 1.807) is 0 Å². The maximum absolute atomic E-state index is 10.7. The molecule has 3 unspecified atom stereocenters. The van der Waals surface area contributed by atoms with Crippen molar-refractivity contribution in [1.29, 1.82) is 0 Å². The third-order valence-electron chi connectivity index (χ3n) is 5.34. The summed E-state index contributed by atoms with van der Waals surface area (Å²) in [4.78, 5) is 10.7. The summed E-state index contributed by atoms with van der Waals surface area (Å²) in [7, 11) is 0. The standard InChI is InChI=1S/C12H18O2/c1-12-4-2-7-9(6-10(13)14)8(3-5-12)11(7)12/h7-9,11H,2-6H2,1H3,(H,13,14)/t7-,8+,9?,11?,12?. The molecule has 0 saturated heterocycles. The number of hydrogen-bond acceptors (Lipinski definition) is 1. The Morgan fingerprint density at radius 1 is 1.36 bits per heavy atom. The third-order valence-corrected chi connectivity index (χ3v) is 5.34. The van der Waals surface area contributed by atoms with E-state index < -0.39 is 5.97 Å². The van der Waals surface area contributed by atoms with Crippen molar-refractivity contribution in [1.82, 2.24) is 0 Å². The molecule has 3 aliphatic carbocycles. The Labute approximate surface area is 84.7 Å². The predicted molar refractivity (Wildman–Crippen MR) is 52.8 cm³/mol. The Bertz CT molecular complexity index is 268. The summed E-state index contributed by atoms with van der Waals surface area (Å²) in [5.41, 5.74) is 0.602. The van der Waals surface area contributed by atoms with Crippen LogP contribution in [0.3, 0.4) is 0 Å². The van der Waals surface area contributed by atoms with Gasteiger partial charge in [-0.3, -0.25) is 4.79 Å². The Balaban J connectivity index is 1.79. The van der Waals surface area contributed by atoms with Crippen LogP contribution < -0.4 is 0 Å². The van der Waals surface area contributed by atoms with Crippen LogP contribution in [0.4, 0.5) is 0 Å². The minimum absolute atomic E-state index is 0.432. The van der Waals surface area contributed by atoms with Gasteiger partial charge >= 0.3 is 5.97 Å². The highest BCUT2D eigenvalue weighted by Crippen LogP contribution is 2.71. The molecule has 0 aliphatic heterocycles. The molecule has 0 bridgehead atoms. The molecule has 0 aromatic carbocycles. The van der Waals surface area contributed by atoms with Crippen LogP contribution in [-0.2, 0) is 4.79 Å². The monoisotopic (exact) mass is 194 g/mol. The molecule has 2 heteroatoms. The van der Waals surface area contributed by atoms with Crippen LogP contribution in [-0.4, -0.2) is 11.1 Å². The van der Waals surface area contributed by atoms with E-state index in [4.69, 9.17) is 5.11 Å². The number of carboxylic acid groups (broad SMARTS) is 1. The quantitative estimate of drug-likeness (QED) is 0.733. The first-order valence-corrected chi connectivity index (χ1v) is 5.84. The van der Waals surface area contributed by atoms with Gasteiger partial charge in [0.1, 0.15) is 0 Å². The normalized spacial score (nSPS) is 54.1. The molecular formula is C12H18O2. The average molecular weight is 194 g/mol. The lowest BCUT2D eigenvalue weighted by atomic mass is 9.56. The summed E-state index contributed by atoms with van der Waals surface area (Å²) in [6.45, 7) is 2.43. The van der Waals surface area contributed by atoms with Crippen LogP contribution in [0.15, 0.2) is 0 Å². The maximum atomic E-state index is 10.7. The summed E-state index contributed by atoms with van der Waals surface area (Å²) >= 11 is 0. The number of aliphatic carboxylic acids is 1. The number of carboxylic acids is 1. The van der Waals surface area contributed by atoms with Gasteiger partial charge in [0.15, 0.2) is 0 Å². The highest BCUT2D eigenvalue weighted by atomic mass is 16.4. The molecule has 0 spiro atoms. The topological polar surface area (TPSA) is 37.3 Å². The second-order valence-corrected chi connectivity index (χ2v) is 5.85. The smallest absolute Gasteiger partial charge is 0.303 e. The molecule has 1 N–H and O–H groups in total. The molecule has 0 aromatic rings. The zero-order chi connectivity index (χ0) is 9.92. The van der Waals surface area contributed by atoms with Crippen LogP contribution in [0.5, 0.6) is 0 Å². The van der Waals surface area contributed by atoms with Gasteiger partial charge in [-0.05, 0) is 54.8 Å². The Morgan fingerprint density at radius 2 is 1.93 bits per heavy atom.